The first-order valence-corrected chi connectivity index (χ1v) is 4.83. The highest BCUT2D eigenvalue weighted by molar-refractivity contribution is 5.95. The minimum Gasteiger partial charge on any atom is -0.397 e. The molecule has 0 unspecified atom stereocenters. The van der Waals surface area contributed by atoms with Crippen LogP contribution >= 0.6 is 0 Å². The van der Waals surface area contributed by atoms with E-state index in [2.05, 4.69) is 21.0 Å². The number of hydrogen-bond donors (Lipinski definition) is 1. The smallest absolute Gasteiger partial charge is 0.160 e. The van der Waals surface area contributed by atoms with Crippen LogP contribution in [-0.4, -0.2) is 23.9 Å². The third-order valence-corrected chi connectivity index (χ3v) is 2.40. The molecule has 16 heavy (non-hydrogen) atoms. The van der Waals surface area contributed by atoms with Gasteiger partial charge in [0.2, 0.25) is 0 Å². The Labute approximate surface area is 92.2 Å². The third-order valence-electron chi connectivity index (χ3n) is 2.40. The molecule has 0 aliphatic rings. The maximum atomic E-state index is 8.54. The van der Waals surface area contributed by atoms with Crippen LogP contribution in [0.4, 0.5) is 11.4 Å². The average molecular weight is 217 g/mol. The van der Waals surface area contributed by atoms with Gasteiger partial charge in [-0.2, -0.15) is 5.26 Å². The van der Waals surface area contributed by atoms with Gasteiger partial charge in [-0.3, -0.25) is 0 Å². The van der Waals surface area contributed by atoms with Crippen LogP contribution in [0.5, 0.6) is 0 Å². The molecule has 0 atom stereocenters. The highest BCUT2D eigenvalue weighted by Gasteiger charge is 2.12. The van der Waals surface area contributed by atoms with Gasteiger partial charge in [0.15, 0.2) is 11.0 Å². The lowest BCUT2D eigenvalue weighted by Gasteiger charge is -2.17. The van der Waals surface area contributed by atoms with Gasteiger partial charge in [0.1, 0.15) is 0 Å². The molecule has 0 saturated carbocycles. The van der Waals surface area contributed by atoms with Crippen molar-refractivity contribution in [1.82, 2.24) is 10.3 Å². The summed E-state index contributed by atoms with van der Waals surface area (Å²) in [5.41, 5.74) is 8.32. The van der Waals surface area contributed by atoms with Crippen molar-refractivity contribution >= 4 is 22.4 Å². The van der Waals surface area contributed by atoms with E-state index in [-0.39, 0.29) is 0 Å². The quantitative estimate of drug-likeness (QED) is 0.775. The van der Waals surface area contributed by atoms with E-state index in [4.69, 9.17) is 11.0 Å². The summed E-state index contributed by atoms with van der Waals surface area (Å²) in [6.07, 6.45) is 0.452. The molecule has 6 heteroatoms. The van der Waals surface area contributed by atoms with E-state index in [1.807, 2.05) is 18.0 Å². The number of nitrogen functional groups attached to an aromatic ring is 1. The zero-order chi connectivity index (χ0) is 11.5. The van der Waals surface area contributed by atoms with E-state index < -0.39 is 0 Å². The van der Waals surface area contributed by atoms with Crippen LogP contribution in [0, 0.1) is 11.3 Å². The SMILES string of the molecule is CN(CCC#N)c1ccc(N)c2nonc12. The lowest BCUT2D eigenvalue weighted by molar-refractivity contribution is 0.315. The van der Waals surface area contributed by atoms with Gasteiger partial charge in [-0.15, -0.1) is 0 Å². The molecular weight excluding hydrogens is 206 g/mol. The second-order valence-corrected chi connectivity index (χ2v) is 3.47. The summed E-state index contributed by atoms with van der Waals surface area (Å²) in [4.78, 5) is 1.93. The Balaban J connectivity index is 2.41. The molecule has 2 N–H and O–H groups in total. The molecule has 1 aromatic carbocycles. The Morgan fingerprint density at radius 1 is 1.44 bits per heavy atom. The second-order valence-electron chi connectivity index (χ2n) is 3.47. The van der Waals surface area contributed by atoms with Crippen molar-refractivity contribution in [2.24, 2.45) is 0 Å². The topological polar surface area (TPSA) is 92.0 Å². The van der Waals surface area contributed by atoms with Crippen molar-refractivity contribution in [2.75, 3.05) is 24.2 Å². The van der Waals surface area contributed by atoms with Crippen LogP contribution < -0.4 is 10.6 Å². The predicted octanol–water partition coefficient (Wildman–Crippen LogP) is 1.15. The van der Waals surface area contributed by atoms with Crippen molar-refractivity contribution in [3.05, 3.63) is 12.1 Å². The maximum Gasteiger partial charge on any atom is 0.160 e. The van der Waals surface area contributed by atoms with E-state index >= 15 is 0 Å². The van der Waals surface area contributed by atoms with Crippen molar-refractivity contribution < 1.29 is 4.63 Å². The molecule has 0 amide bonds. The number of anilines is 2. The Hall–Kier alpha value is -2.29. The molecule has 0 radical (unpaired) electrons. The van der Waals surface area contributed by atoms with Gasteiger partial charge in [-0.25, -0.2) is 4.63 Å². The molecule has 2 rings (SSSR count). The van der Waals surface area contributed by atoms with Gasteiger partial charge < -0.3 is 10.6 Å². The number of hydrogen-bond acceptors (Lipinski definition) is 6. The summed E-state index contributed by atoms with van der Waals surface area (Å²) in [5.74, 6) is 0. The fourth-order valence-corrected chi connectivity index (χ4v) is 1.52. The van der Waals surface area contributed by atoms with E-state index in [1.54, 1.807) is 6.07 Å². The van der Waals surface area contributed by atoms with Crippen LogP contribution in [0.25, 0.3) is 11.0 Å². The van der Waals surface area contributed by atoms with Crippen molar-refractivity contribution in [3.63, 3.8) is 0 Å². The molecule has 1 heterocycles. The van der Waals surface area contributed by atoms with E-state index in [9.17, 15) is 0 Å². The molecule has 0 fully saturated rings. The molecule has 6 nitrogen and oxygen atoms in total. The first kappa shape index (κ1) is 10.2. The second kappa shape index (κ2) is 4.06. The number of nitrogens with zero attached hydrogens (tertiary/aromatic N) is 4. The molecule has 0 aliphatic carbocycles. The zero-order valence-corrected chi connectivity index (χ0v) is 8.84. The Kier molecular flexibility index (Phi) is 2.60. The number of aromatic nitrogens is 2. The number of nitrogens with two attached hydrogens (primary N) is 1. The maximum absolute atomic E-state index is 8.54. The summed E-state index contributed by atoms with van der Waals surface area (Å²) in [6, 6.07) is 5.70. The molecule has 0 aliphatic heterocycles. The first-order chi connectivity index (χ1) is 7.74. The van der Waals surface area contributed by atoms with Gasteiger partial charge in [-0.05, 0) is 22.4 Å². The van der Waals surface area contributed by atoms with Gasteiger partial charge in [-0.1, -0.05) is 0 Å². The van der Waals surface area contributed by atoms with Crippen LogP contribution in [0.2, 0.25) is 0 Å². The Morgan fingerprint density at radius 2 is 2.19 bits per heavy atom. The van der Waals surface area contributed by atoms with E-state index in [0.29, 0.717) is 29.7 Å². The Bertz CT molecular complexity index is 542. The van der Waals surface area contributed by atoms with Gasteiger partial charge >= 0.3 is 0 Å². The van der Waals surface area contributed by atoms with Crippen LogP contribution in [0.1, 0.15) is 6.42 Å². The standard InChI is InChI=1S/C10H11N5O/c1-15(6-2-5-11)8-4-3-7(12)9-10(8)14-16-13-9/h3-4H,2,6,12H2,1H3. The van der Waals surface area contributed by atoms with Gasteiger partial charge in [0, 0.05) is 13.6 Å². The van der Waals surface area contributed by atoms with Crippen molar-refractivity contribution in [2.45, 2.75) is 6.42 Å². The highest BCUT2D eigenvalue weighted by atomic mass is 16.6. The lowest BCUT2D eigenvalue weighted by Crippen LogP contribution is -2.18. The highest BCUT2D eigenvalue weighted by Crippen LogP contribution is 2.27. The molecule has 2 aromatic rings. The summed E-state index contributed by atoms with van der Waals surface area (Å²) < 4.78 is 4.67. The monoisotopic (exact) mass is 217 g/mol. The van der Waals surface area contributed by atoms with Crippen molar-refractivity contribution in [1.29, 1.82) is 5.26 Å². The van der Waals surface area contributed by atoms with E-state index in [0.717, 1.165) is 5.69 Å². The minimum absolute atomic E-state index is 0.452. The van der Waals surface area contributed by atoms with E-state index in [1.165, 1.54) is 0 Å². The summed E-state index contributed by atoms with van der Waals surface area (Å²) in [6.45, 7) is 0.627. The predicted molar refractivity (Wildman–Crippen MR) is 59.7 cm³/mol. The molecule has 82 valence electrons. The molecular formula is C10H11N5O. The van der Waals surface area contributed by atoms with Crippen LogP contribution in [-0.2, 0) is 0 Å². The molecule has 1 aromatic heterocycles. The van der Waals surface area contributed by atoms with Gasteiger partial charge in [0.25, 0.3) is 0 Å². The number of rotatable bonds is 3. The van der Waals surface area contributed by atoms with Gasteiger partial charge in [0.05, 0.1) is 23.9 Å². The first-order valence-electron chi connectivity index (χ1n) is 4.83. The summed E-state index contributed by atoms with van der Waals surface area (Å²) in [5, 5.41) is 16.1. The number of fused-ring (bicyclic) bond motifs is 1. The third kappa shape index (κ3) is 1.63. The Morgan fingerprint density at radius 3 is 2.94 bits per heavy atom. The number of benzene rings is 1. The zero-order valence-electron chi connectivity index (χ0n) is 8.84. The fraction of sp³-hybridized carbons (Fsp3) is 0.300. The lowest BCUT2D eigenvalue weighted by atomic mass is 10.2. The largest absolute Gasteiger partial charge is 0.397 e. The summed E-state index contributed by atoms with van der Waals surface area (Å²) >= 11 is 0. The molecule has 0 spiro atoms. The normalized spacial score (nSPS) is 10.2. The number of nitriles is 1. The summed E-state index contributed by atoms with van der Waals surface area (Å²) in [7, 11) is 1.89. The molecule has 0 bridgehead atoms. The molecule has 0 saturated heterocycles. The van der Waals surface area contributed by atoms with Crippen LogP contribution in [0.15, 0.2) is 16.8 Å². The fourth-order valence-electron chi connectivity index (χ4n) is 1.52. The minimum atomic E-state index is 0.452. The average Bonchev–Trinajstić information content (AvgIpc) is 2.76. The van der Waals surface area contributed by atoms with Crippen molar-refractivity contribution in [3.8, 4) is 6.07 Å². The van der Waals surface area contributed by atoms with Crippen LogP contribution in [0.3, 0.4) is 0 Å².